The molecule has 1 saturated carbocycles. The second-order valence-corrected chi connectivity index (χ2v) is 6.73. The molecule has 1 amide bonds. The Morgan fingerprint density at radius 3 is 2.39 bits per heavy atom. The second-order valence-electron chi connectivity index (χ2n) is 6.73. The summed E-state index contributed by atoms with van der Waals surface area (Å²) >= 11 is 0. The molecule has 18 heavy (non-hydrogen) atoms. The summed E-state index contributed by atoms with van der Waals surface area (Å²) in [6.07, 6.45) is 7.37. The Morgan fingerprint density at radius 1 is 1.22 bits per heavy atom. The van der Waals surface area contributed by atoms with E-state index in [2.05, 4.69) is 26.1 Å². The molecule has 3 N–H and O–H groups in total. The Bertz CT molecular complexity index is 255. The summed E-state index contributed by atoms with van der Waals surface area (Å²) in [5, 5.41) is 3.18. The molecule has 1 aliphatic carbocycles. The molecule has 0 radical (unpaired) electrons. The number of rotatable bonds is 6. The number of nitrogens with two attached hydrogens (primary N) is 1. The highest BCUT2D eigenvalue weighted by Gasteiger charge is 2.22. The minimum Gasteiger partial charge on any atom is -0.353 e. The van der Waals surface area contributed by atoms with Crippen molar-refractivity contribution in [2.75, 3.05) is 6.54 Å². The molecule has 0 aromatic carbocycles. The van der Waals surface area contributed by atoms with Gasteiger partial charge in [-0.15, -0.1) is 0 Å². The normalized spacial score (nSPS) is 24.9. The topological polar surface area (TPSA) is 55.1 Å². The zero-order chi connectivity index (χ0) is 13.6. The summed E-state index contributed by atoms with van der Waals surface area (Å²) in [6.45, 7) is 7.38. The highest BCUT2D eigenvalue weighted by molar-refractivity contribution is 5.76. The van der Waals surface area contributed by atoms with E-state index in [-0.39, 0.29) is 11.3 Å². The van der Waals surface area contributed by atoms with Gasteiger partial charge in [0.05, 0.1) is 0 Å². The van der Waals surface area contributed by atoms with Gasteiger partial charge in [-0.3, -0.25) is 4.79 Å². The molecule has 3 heteroatoms. The average Bonchev–Trinajstić information content (AvgIpc) is 2.30. The lowest BCUT2D eigenvalue weighted by Gasteiger charge is -2.28. The van der Waals surface area contributed by atoms with E-state index in [4.69, 9.17) is 5.73 Å². The van der Waals surface area contributed by atoms with Gasteiger partial charge in [0, 0.05) is 12.5 Å². The summed E-state index contributed by atoms with van der Waals surface area (Å²) in [5.74, 6) is 1.06. The van der Waals surface area contributed by atoms with Gasteiger partial charge in [-0.1, -0.05) is 20.8 Å². The van der Waals surface area contributed by atoms with Crippen molar-refractivity contribution in [3.63, 3.8) is 0 Å². The van der Waals surface area contributed by atoms with E-state index in [9.17, 15) is 4.79 Å². The van der Waals surface area contributed by atoms with Crippen LogP contribution in [0.25, 0.3) is 0 Å². The largest absolute Gasteiger partial charge is 0.353 e. The van der Waals surface area contributed by atoms with Gasteiger partial charge in [0.25, 0.3) is 0 Å². The molecule has 0 unspecified atom stereocenters. The standard InChI is InChI=1S/C15H30N2O/c1-12-4-6-13(7-5-12)17-14(18)8-9-15(2,3)10-11-16/h12-13H,4-11,16H2,1-3H3,(H,17,18). The van der Waals surface area contributed by atoms with Crippen molar-refractivity contribution in [2.24, 2.45) is 17.1 Å². The zero-order valence-electron chi connectivity index (χ0n) is 12.3. The summed E-state index contributed by atoms with van der Waals surface area (Å²) in [7, 11) is 0. The Balaban J connectivity index is 2.21. The molecular weight excluding hydrogens is 224 g/mol. The third kappa shape index (κ3) is 5.85. The predicted molar refractivity (Wildman–Crippen MR) is 76.2 cm³/mol. The molecule has 0 spiro atoms. The van der Waals surface area contributed by atoms with Crippen molar-refractivity contribution >= 4 is 5.91 Å². The fourth-order valence-electron chi connectivity index (χ4n) is 2.67. The van der Waals surface area contributed by atoms with Crippen LogP contribution in [0.15, 0.2) is 0 Å². The highest BCUT2D eigenvalue weighted by atomic mass is 16.1. The summed E-state index contributed by atoms with van der Waals surface area (Å²) in [5.41, 5.74) is 5.77. The molecule has 0 saturated heterocycles. The first-order valence-corrected chi connectivity index (χ1v) is 7.42. The van der Waals surface area contributed by atoms with Crippen LogP contribution in [-0.2, 0) is 4.79 Å². The molecular formula is C15H30N2O. The van der Waals surface area contributed by atoms with Crippen molar-refractivity contribution < 1.29 is 4.79 Å². The number of nitrogens with one attached hydrogen (secondary N) is 1. The van der Waals surface area contributed by atoms with Crippen LogP contribution in [0.3, 0.4) is 0 Å². The van der Waals surface area contributed by atoms with Crippen LogP contribution in [0.5, 0.6) is 0 Å². The van der Waals surface area contributed by atoms with Crippen molar-refractivity contribution in [3.8, 4) is 0 Å². The SMILES string of the molecule is CC1CCC(NC(=O)CCC(C)(C)CCN)CC1. The van der Waals surface area contributed by atoms with E-state index in [0.717, 1.165) is 31.6 Å². The monoisotopic (exact) mass is 254 g/mol. The number of amides is 1. The van der Waals surface area contributed by atoms with Crippen LogP contribution in [0.1, 0.15) is 65.7 Å². The summed E-state index contributed by atoms with van der Waals surface area (Å²) in [4.78, 5) is 11.9. The van der Waals surface area contributed by atoms with Crippen molar-refractivity contribution in [1.82, 2.24) is 5.32 Å². The molecule has 0 aromatic rings. The van der Waals surface area contributed by atoms with Crippen LogP contribution in [0.4, 0.5) is 0 Å². The van der Waals surface area contributed by atoms with Gasteiger partial charge in [-0.25, -0.2) is 0 Å². The minimum absolute atomic E-state index is 0.188. The average molecular weight is 254 g/mol. The fourth-order valence-corrected chi connectivity index (χ4v) is 2.67. The van der Waals surface area contributed by atoms with Crippen molar-refractivity contribution in [2.45, 2.75) is 71.8 Å². The Morgan fingerprint density at radius 2 is 1.83 bits per heavy atom. The fraction of sp³-hybridized carbons (Fsp3) is 0.933. The third-order valence-corrected chi connectivity index (χ3v) is 4.23. The number of carbonyl (C=O) groups excluding carboxylic acids is 1. The maximum atomic E-state index is 11.9. The van der Waals surface area contributed by atoms with Gasteiger partial charge >= 0.3 is 0 Å². The van der Waals surface area contributed by atoms with E-state index in [1.165, 1.54) is 12.8 Å². The van der Waals surface area contributed by atoms with Crippen molar-refractivity contribution in [1.29, 1.82) is 0 Å². The van der Waals surface area contributed by atoms with E-state index in [1.54, 1.807) is 0 Å². The number of carbonyl (C=O) groups is 1. The first kappa shape index (κ1) is 15.5. The van der Waals surface area contributed by atoms with E-state index >= 15 is 0 Å². The predicted octanol–water partition coefficient (Wildman–Crippen LogP) is 2.84. The molecule has 3 nitrogen and oxygen atoms in total. The lowest BCUT2D eigenvalue weighted by atomic mass is 9.84. The quantitative estimate of drug-likeness (QED) is 0.766. The smallest absolute Gasteiger partial charge is 0.220 e. The maximum Gasteiger partial charge on any atom is 0.220 e. The molecule has 0 aromatic heterocycles. The lowest BCUT2D eigenvalue weighted by Crippen LogP contribution is -2.37. The summed E-state index contributed by atoms with van der Waals surface area (Å²) < 4.78 is 0. The van der Waals surface area contributed by atoms with Gasteiger partial charge in [0.15, 0.2) is 0 Å². The highest BCUT2D eigenvalue weighted by Crippen LogP contribution is 2.26. The van der Waals surface area contributed by atoms with Crippen LogP contribution in [0.2, 0.25) is 0 Å². The molecule has 106 valence electrons. The first-order chi connectivity index (χ1) is 8.43. The van der Waals surface area contributed by atoms with Gasteiger partial charge < -0.3 is 11.1 Å². The maximum absolute atomic E-state index is 11.9. The summed E-state index contributed by atoms with van der Waals surface area (Å²) in [6, 6.07) is 0.423. The molecule has 0 aliphatic heterocycles. The van der Waals surface area contributed by atoms with Crippen LogP contribution < -0.4 is 11.1 Å². The third-order valence-electron chi connectivity index (χ3n) is 4.23. The van der Waals surface area contributed by atoms with Gasteiger partial charge in [-0.05, 0) is 56.4 Å². The number of hydrogen-bond acceptors (Lipinski definition) is 2. The molecule has 0 atom stereocenters. The van der Waals surface area contributed by atoms with Crippen LogP contribution >= 0.6 is 0 Å². The van der Waals surface area contributed by atoms with E-state index < -0.39 is 0 Å². The van der Waals surface area contributed by atoms with Gasteiger partial charge in [0.1, 0.15) is 0 Å². The van der Waals surface area contributed by atoms with Gasteiger partial charge in [-0.2, -0.15) is 0 Å². The van der Waals surface area contributed by atoms with E-state index in [1.807, 2.05) is 0 Å². The van der Waals surface area contributed by atoms with Gasteiger partial charge in [0.2, 0.25) is 5.91 Å². The van der Waals surface area contributed by atoms with Crippen molar-refractivity contribution in [3.05, 3.63) is 0 Å². The van der Waals surface area contributed by atoms with Crippen LogP contribution in [0, 0.1) is 11.3 Å². The first-order valence-electron chi connectivity index (χ1n) is 7.42. The Hall–Kier alpha value is -0.570. The van der Waals surface area contributed by atoms with Crippen LogP contribution in [-0.4, -0.2) is 18.5 Å². The number of hydrogen-bond donors (Lipinski definition) is 2. The second kappa shape index (κ2) is 7.13. The minimum atomic E-state index is 0.188. The molecule has 0 heterocycles. The zero-order valence-corrected chi connectivity index (χ0v) is 12.3. The Labute approximate surface area is 112 Å². The molecule has 1 rings (SSSR count). The Kier molecular flexibility index (Phi) is 6.13. The molecule has 0 bridgehead atoms. The van der Waals surface area contributed by atoms with E-state index in [0.29, 0.717) is 19.0 Å². The lowest BCUT2D eigenvalue weighted by molar-refractivity contribution is -0.122. The molecule has 1 fully saturated rings. The molecule has 1 aliphatic rings.